The first-order valence-electron chi connectivity index (χ1n) is 18.8. The molecule has 1 aromatic heterocycles. The van der Waals surface area contributed by atoms with Crippen molar-refractivity contribution < 1.29 is 50.3 Å². The molecule has 2 aromatic rings. The van der Waals surface area contributed by atoms with Crippen molar-refractivity contribution in [2.45, 2.75) is 113 Å². The number of carbonyl (C=O) groups excluding carboxylic acids is 2. The largest absolute Gasteiger partial charge is 0.444 e. The topological polar surface area (TPSA) is 179 Å². The summed E-state index contributed by atoms with van der Waals surface area (Å²) in [5, 5.41) is 20.7. The lowest BCUT2D eigenvalue weighted by molar-refractivity contribution is -0.669. The second-order valence-electron chi connectivity index (χ2n) is 16.0. The van der Waals surface area contributed by atoms with E-state index in [4.69, 9.17) is 21.1 Å². The minimum atomic E-state index is -4.60. The number of anilines is 2. The summed E-state index contributed by atoms with van der Waals surface area (Å²) < 4.78 is 78.7. The van der Waals surface area contributed by atoms with Crippen molar-refractivity contribution in [2.75, 3.05) is 30.8 Å². The monoisotopic (exact) mass is 841 g/mol. The first-order valence-corrected chi connectivity index (χ1v) is 20.6. The van der Waals surface area contributed by atoms with Crippen molar-refractivity contribution in [2.24, 2.45) is 7.05 Å². The first kappa shape index (κ1) is 42.4. The number of nitrogens with one attached hydrogen (secondary N) is 3. The predicted octanol–water partition coefficient (Wildman–Crippen LogP) is 4.29. The van der Waals surface area contributed by atoms with Crippen molar-refractivity contribution in [1.82, 2.24) is 24.5 Å². The van der Waals surface area contributed by atoms with Crippen LogP contribution in [0.4, 0.5) is 29.9 Å². The number of nitrogens with zero attached hydrogens (tertiary/aromatic N) is 5. The molecule has 20 heteroatoms. The number of alkyl halides is 3. The van der Waals surface area contributed by atoms with Gasteiger partial charge in [-0.1, -0.05) is 53.4 Å². The fourth-order valence-corrected chi connectivity index (χ4v) is 8.88. The molecule has 3 aliphatic carbocycles. The van der Waals surface area contributed by atoms with E-state index < -0.39 is 75.6 Å². The number of likely N-dealkylation sites (tertiary alicyclic amines) is 1. The van der Waals surface area contributed by atoms with Gasteiger partial charge < -0.3 is 25.2 Å². The Kier molecular flexibility index (Phi) is 12.1. The van der Waals surface area contributed by atoms with Crippen LogP contribution in [-0.4, -0.2) is 106 Å². The van der Waals surface area contributed by atoms with E-state index in [-0.39, 0.29) is 37.3 Å². The van der Waals surface area contributed by atoms with Crippen molar-refractivity contribution in [3.63, 3.8) is 0 Å². The third-order valence-corrected chi connectivity index (χ3v) is 13.0. The Balaban J connectivity index is 1.13. The molecule has 6 rings (SSSR count). The number of ether oxygens (including phenoxy) is 2. The molecule has 4 atom stereocenters. The molecule has 1 aromatic carbocycles. The van der Waals surface area contributed by atoms with Crippen molar-refractivity contribution in [3.05, 3.63) is 58.7 Å². The zero-order valence-electron chi connectivity index (χ0n) is 32.3. The second kappa shape index (κ2) is 16.2. The van der Waals surface area contributed by atoms with E-state index in [1.165, 1.54) is 23.6 Å². The molecule has 3 fully saturated rings. The lowest BCUT2D eigenvalue weighted by Gasteiger charge is -2.37. The number of aliphatic hydroxyl groups is 1. The smallest absolute Gasteiger partial charge is 0.422 e. The van der Waals surface area contributed by atoms with Gasteiger partial charge in [-0.3, -0.25) is 15.0 Å². The maximum absolute atomic E-state index is 13.5. The van der Waals surface area contributed by atoms with Crippen molar-refractivity contribution >= 4 is 45.5 Å². The SMILES string of the molecule is CN(C(O)C1CC(NC(=O)C2=CCC(Nc3nc(NC4(c5ccc(Cl)cc5)CC4)[n+](C)c(OCC(F)(F)F)n3)C=C2)CN1C(=O)OC(C)(C)C)S(=O)(=O)C1CCC1. The summed E-state index contributed by atoms with van der Waals surface area (Å²) in [7, 11) is -1.03. The van der Waals surface area contributed by atoms with E-state index in [0.717, 1.165) is 29.1 Å². The zero-order valence-corrected chi connectivity index (χ0v) is 33.9. The van der Waals surface area contributed by atoms with Crippen LogP contribution in [0.2, 0.25) is 5.02 Å². The Bertz CT molecular complexity index is 2000. The molecule has 312 valence electrons. The van der Waals surface area contributed by atoms with Gasteiger partial charge in [-0.05, 0) is 82.0 Å². The van der Waals surface area contributed by atoms with Crippen LogP contribution < -0.4 is 25.3 Å². The molecule has 0 bridgehead atoms. The van der Waals surface area contributed by atoms with Gasteiger partial charge in [-0.15, -0.1) is 0 Å². The number of carbonyl (C=O) groups is 2. The highest BCUT2D eigenvalue weighted by Gasteiger charge is 2.49. The number of aliphatic hydroxyl groups excluding tert-OH is 1. The number of benzene rings is 1. The van der Waals surface area contributed by atoms with Crippen LogP contribution in [0, 0.1) is 0 Å². The molecule has 57 heavy (non-hydrogen) atoms. The van der Waals surface area contributed by atoms with E-state index in [9.17, 15) is 36.3 Å². The van der Waals surface area contributed by atoms with E-state index in [2.05, 4.69) is 25.9 Å². The molecular weight excluding hydrogens is 793 g/mol. The number of hydrogen-bond donors (Lipinski definition) is 4. The highest BCUT2D eigenvalue weighted by Crippen LogP contribution is 2.48. The summed E-state index contributed by atoms with van der Waals surface area (Å²) >= 11 is 6.08. The molecule has 4 aliphatic rings. The molecule has 4 N–H and O–H groups in total. The maximum atomic E-state index is 13.5. The average molecular weight is 842 g/mol. The Hall–Kier alpha value is -4.20. The maximum Gasteiger partial charge on any atom is 0.422 e. The molecule has 0 spiro atoms. The minimum absolute atomic E-state index is 0.00212. The number of sulfonamides is 1. The quantitative estimate of drug-likeness (QED) is 0.167. The van der Waals surface area contributed by atoms with Crippen LogP contribution in [0.25, 0.3) is 0 Å². The number of halogens is 4. The lowest BCUT2D eigenvalue weighted by atomic mass is 10.0. The predicted molar refractivity (Wildman–Crippen MR) is 204 cm³/mol. The summed E-state index contributed by atoms with van der Waals surface area (Å²) in [5.41, 5.74) is -0.124. The average Bonchev–Trinajstić information content (AvgIpc) is 3.76. The van der Waals surface area contributed by atoms with E-state index in [1.807, 2.05) is 12.1 Å². The Morgan fingerprint density at radius 1 is 1.16 bits per heavy atom. The molecule has 2 saturated carbocycles. The molecular formula is C37H49ClF3N8O7S+. The third kappa shape index (κ3) is 10.1. The molecule has 15 nitrogen and oxygen atoms in total. The van der Waals surface area contributed by atoms with Gasteiger partial charge in [0.1, 0.15) is 11.8 Å². The molecule has 1 aliphatic heterocycles. The summed E-state index contributed by atoms with van der Waals surface area (Å²) in [6, 6.07) is 4.88. The second-order valence-corrected chi connectivity index (χ2v) is 18.7. The normalized spacial score (nSPS) is 22.7. The Morgan fingerprint density at radius 2 is 1.84 bits per heavy atom. The van der Waals surface area contributed by atoms with Gasteiger partial charge in [0.05, 0.1) is 29.9 Å². The number of hydrogen-bond acceptors (Lipinski definition) is 11. The molecule has 2 amide bonds. The molecule has 0 radical (unpaired) electrons. The van der Waals surface area contributed by atoms with Gasteiger partial charge in [-0.2, -0.15) is 22.0 Å². The Morgan fingerprint density at radius 3 is 2.40 bits per heavy atom. The van der Waals surface area contributed by atoms with Crippen LogP contribution in [-0.2, 0) is 32.1 Å². The lowest BCUT2D eigenvalue weighted by Crippen LogP contribution is -2.54. The van der Waals surface area contributed by atoms with E-state index >= 15 is 0 Å². The minimum Gasteiger partial charge on any atom is -0.444 e. The van der Waals surface area contributed by atoms with Gasteiger partial charge in [0.15, 0.2) is 6.61 Å². The van der Waals surface area contributed by atoms with Gasteiger partial charge in [0.25, 0.3) is 5.91 Å². The van der Waals surface area contributed by atoms with Crippen LogP contribution in [0.5, 0.6) is 6.01 Å². The fourth-order valence-electron chi connectivity index (χ4n) is 6.91. The molecule has 1 saturated heterocycles. The van der Waals surface area contributed by atoms with Crippen LogP contribution in [0.3, 0.4) is 0 Å². The first-order chi connectivity index (χ1) is 26.6. The van der Waals surface area contributed by atoms with Crippen molar-refractivity contribution in [1.29, 1.82) is 0 Å². The van der Waals surface area contributed by atoms with Crippen LogP contribution in [0.15, 0.2) is 48.1 Å². The Labute approximate surface area is 334 Å². The highest BCUT2D eigenvalue weighted by molar-refractivity contribution is 7.89. The third-order valence-electron chi connectivity index (χ3n) is 10.5. The number of amides is 2. The fraction of sp³-hybridized carbons (Fsp3) is 0.595. The number of likely N-dealkylation sites (N-methyl/N-ethyl adjacent to an activating group) is 1. The van der Waals surface area contributed by atoms with Gasteiger partial charge >= 0.3 is 30.2 Å². The summed E-state index contributed by atoms with van der Waals surface area (Å²) in [6.45, 7) is 3.48. The number of rotatable bonds is 13. The number of aromatic nitrogens is 3. The summed E-state index contributed by atoms with van der Waals surface area (Å²) in [4.78, 5) is 36.8. The standard InChI is InChI=1S/C37H48ClF3N8O7S/c1-35(2,3)56-34(52)49-20-26(19-28(49)30(51)48(5)57(53,54)27-7-6-8-27)42-29(50)22-9-15-25(16-10-22)43-31-44-32(47(4)33(45-31)55-21-37(39,40)41)46-36(17-18-36)23-11-13-24(38)14-12-23/h9-15,25-28,30,51H,6-8,16-21H2,1-5H3,(H2,42,43,44,46,50)/p+1. The summed E-state index contributed by atoms with van der Waals surface area (Å²) in [5.74, 6) is -0.240. The van der Waals surface area contributed by atoms with Gasteiger partial charge in [0, 0.05) is 30.2 Å². The summed E-state index contributed by atoms with van der Waals surface area (Å²) in [6.07, 6.45) is 1.63. The highest BCUT2D eigenvalue weighted by atomic mass is 35.5. The van der Waals surface area contributed by atoms with Gasteiger partial charge in [-0.25, -0.2) is 13.2 Å². The van der Waals surface area contributed by atoms with E-state index in [1.54, 1.807) is 51.1 Å². The van der Waals surface area contributed by atoms with Crippen LogP contribution >= 0.6 is 11.6 Å². The van der Waals surface area contributed by atoms with Crippen molar-refractivity contribution in [3.8, 4) is 6.01 Å². The molecule has 2 heterocycles. The van der Waals surface area contributed by atoms with Gasteiger partial charge in [0.2, 0.25) is 10.0 Å². The zero-order chi connectivity index (χ0) is 41.5. The van der Waals surface area contributed by atoms with Crippen LogP contribution in [0.1, 0.15) is 71.3 Å². The molecule has 4 unspecified atom stereocenters. The van der Waals surface area contributed by atoms with E-state index in [0.29, 0.717) is 23.4 Å².